The van der Waals surface area contributed by atoms with Crippen molar-refractivity contribution in [1.82, 2.24) is 10.2 Å². The molecule has 0 aromatic rings. The highest BCUT2D eigenvalue weighted by molar-refractivity contribution is 5.75. The molecule has 1 saturated heterocycles. The second-order valence-corrected chi connectivity index (χ2v) is 6.38. The molecule has 1 heterocycles. The molecule has 2 atom stereocenters. The molecule has 4 heteroatoms. The molecule has 0 saturated carbocycles. The van der Waals surface area contributed by atoms with E-state index in [1.54, 1.807) is 0 Å². The topological polar surface area (TPSA) is 41.6 Å². The van der Waals surface area contributed by atoms with Crippen molar-refractivity contribution in [3.05, 3.63) is 0 Å². The molecule has 1 unspecified atom stereocenters. The minimum Gasteiger partial charge on any atom is -0.468 e. The van der Waals surface area contributed by atoms with Crippen LogP contribution >= 0.6 is 0 Å². The fraction of sp³-hybridized carbons (Fsp3) is 0.938. The molecule has 118 valence electrons. The Balaban J connectivity index is 2.45. The SMILES string of the molecule is CCCN1CCC(C(C)N[C@H](C(=O)OC)C(C)C)CC1. The summed E-state index contributed by atoms with van der Waals surface area (Å²) in [5.74, 6) is 0.773. The van der Waals surface area contributed by atoms with E-state index in [2.05, 4.69) is 37.9 Å². The molecule has 1 N–H and O–H groups in total. The minimum atomic E-state index is -0.191. The lowest BCUT2D eigenvalue weighted by atomic mass is 9.89. The van der Waals surface area contributed by atoms with Crippen LogP contribution in [0.25, 0.3) is 0 Å². The van der Waals surface area contributed by atoms with Gasteiger partial charge in [0.15, 0.2) is 0 Å². The number of likely N-dealkylation sites (tertiary alicyclic amines) is 1. The molecule has 0 radical (unpaired) electrons. The number of methoxy groups -OCH3 is 1. The normalized spacial score (nSPS) is 20.9. The summed E-state index contributed by atoms with van der Waals surface area (Å²) >= 11 is 0. The van der Waals surface area contributed by atoms with E-state index < -0.39 is 0 Å². The summed E-state index contributed by atoms with van der Waals surface area (Å²) in [5, 5.41) is 3.49. The van der Waals surface area contributed by atoms with Gasteiger partial charge in [0.1, 0.15) is 6.04 Å². The lowest BCUT2D eigenvalue weighted by molar-refractivity contribution is -0.144. The second kappa shape index (κ2) is 8.63. The lowest BCUT2D eigenvalue weighted by Gasteiger charge is -2.36. The fourth-order valence-electron chi connectivity index (χ4n) is 3.07. The van der Waals surface area contributed by atoms with E-state index in [1.165, 1.54) is 46.0 Å². The number of hydrogen-bond donors (Lipinski definition) is 1. The first-order valence-electron chi connectivity index (χ1n) is 8.05. The molecule has 0 aromatic heterocycles. The number of hydrogen-bond acceptors (Lipinski definition) is 4. The Morgan fingerprint density at radius 2 is 1.90 bits per heavy atom. The maximum Gasteiger partial charge on any atom is 0.323 e. The summed E-state index contributed by atoms with van der Waals surface area (Å²) in [6.45, 7) is 12.2. The van der Waals surface area contributed by atoms with E-state index in [9.17, 15) is 4.79 Å². The summed E-state index contributed by atoms with van der Waals surface area (Å²) < 4.78 is 4.90. The van der Waals surface area contributed by atoms with Gasteiger partial charge in [-0.25, -0.2) is 0 Å². The van der Waals surface area contributed by atoms with Crippen LogP contribution in [-0.4, -0.2) is 49.7 Å². The zero-order chi connectivity index (χ0) is 15.1. The highest BCUT2D eigenvalue weighted by atomic mass is 16.5. The van der Waals surface area contributed by atoms with Gasteiger partial charge >= 0.3 is 5.97 Å². The Bertz CT molecular complexity index is 286. The molecular weight excluding hydrogens is 252 g/mol. The average Bonchev–Trinajstić information content (AvgIpc) is 2.44. The van der Waals surface area contributed by atoms with Crippen LogP contribution in [0.3, 0.4) is 0 Å². The molecule has 4 nitrogen and oxygen atoms in total. The predicted octanol–water partition coefficient (Wildman–Crippen LogP) is 2.28. The number of nitrogens with one attached hydrogen (secondary N) is 1. The third kappa shape index (κ3) is 5.06. The van der Waals surface area contributed by atoms with Gasteiger partial charge in [0, 0.05) is 6.04 Å². The summed E-state index contributed by atoms with van der Waals surface area (Å²) in [6, 6.07) is 0.175. The first-order chi connectivity index (χ1) is 9.49. The molecule has 0 aromatic carbocycles. The second-order valence-electron chi connectivity index (χ2n) is 6.38. The number of carbonyl (C=O) groups is 1. The maximum absolute atomic E-state index is 11.8. The molecule has 1 aliphatic rings. The molecule has 1 rings (SSSR count). The zero-order valence-corrected chi connectivity index (χ0v) is 13.8. The predicted molar refractivity (Wildman–Crippen MR) is 82.7 cm³/mol. The van der Waals surface area contributed by atoms with Crippen LogP contribution in [0.5, 0.6) is 0 Å². The number of esters is 1. The van der Waals surface area contributed by atoms with Crippen molar-refractivity contribution in [3.63, 3.8) is 0 Å². The fourth-order valence-corrected chi connectivity index (χ4v) is 3.07. The Kier molecular flexibility index (Phi) is 7.52. The molecule has 0 amide bonds. The average molecular weight is 284 g/mol. The highest BCUT2D eigenvalue weighted by Crippen LogP contribution is 2.21. The summed E-state index contributed by atoms with van der Waals surface area (Å²) in [4.78, 5) is 14.4. The Morgan fingerprint density at radius 1 is 1.30 bits per heavy atom. The minimum absolute atomic E-state index is 0.143. The van der Waals surface area contributed by atoms with Crippen molar-refractivity contribution >= 4 is 5.97 Å². The summed E-state index contributed by atoms with van der Waals surface area (Å²) in [7, 11) is 1.47. The van der Waals surface area contributed by atoms with E-state index in [1.807, 2.05) is 0 Å². The van der Waals surface area contributed by atoms with Crippen molar-refractivity contribution in [3.8, 4) is 0 Å². The Morgan fingerprint density at radius 3 is 2.35 bits per heavy atom. The van der Waals surface area contributed by atoms with Crippen molar-refractivity contribution in [2.24, 2.45) is 11.8 Å². The van der Waals surface area contributed by atoms with Gasteiger partial charge in [-0.15, -0.1) is 0 Å². The van der Waals surface area contributed by atoms with Gasteiger partial charge < -0.3 is 15.0 Å². The molecule has 0 spiro atoms. The van der Waals surface area contributed by atoms with Gasteiger partial charge in [0.25, 0.3) is 0 Å². The van der Waals surface area contributed by atoms with Crippen molar-refractivity contribution < 1.29 is 9.53 Å². The van der Waals surface area contributed by atoms with Crippen LogP contribution in [0.1, 0.15) is 47.0 Å². The molecule has 0 bridgehead atoms. The van der Waals surface area contributed by atoms with Crippen molar-refractivity contribution in [2.45, 2.75) is 59.0 Å². The number of nitrogens with zero attached hydrogens (tertiary/aromatic N) is 1. The van der Waals surface area contributed by atoms with Crippen molar-refractivity contribution in [1.29, 1.82) is 0 Å². The van der Waals surface area contributed by atoms with Crippen LogP contribution in [0.15, 0.2) is 0 Å². The standard InChI is InChI=1S/C16H32N2O2/c1-6-9-18-10-7-14(8-11-18)13(4)17-15(12(2)3)16(19)20-5/h12-15,17H,6-11H2,1-5H3/t13?,15-/m0/s1. The summed E-state index contributed by atoms with van der Waals surface area (Å²) in [6.07, 6.45) is 3.68. The van der Waals surface area contributed by atoms with Crippen LogP contribution in [0.2, 0.25) is 0 Å². The van der Waals surface area contributed by atoms with E-state index >= 15 is 0 Å². The molecule has 1 fully saturated rings. The highest BCUT2D eigenvalue weighted by Gasteiger charge is 2.29. The van der Waals surface area contributed by atoms with E-state index in [-0.39, 0.29) is 17.9 Å². The van der Waals surface area contributed by atoms with E-state index in [0.29, 0.717) is 12.0 Å². The van der Waals surface area contributed by atoms with Gasteiger partial charge in [-0.05, 0) is 57.7 Å². The van der Waals surface area contributed by atoms with E-state index in [0.717, 1.165) is 0 Å². The zero-order valence-electron chi connectivity index (χ0n) is 13.8. The first-order valence-corrected chi connectivity index (χ1v) is 8.05. The van der Waals surface area contributed by atoms with Gasteiger partial charge in [-0.2, -0.15) is 0 Å². The van der Waals surface area contributed by atoms with Crippen LogP contribution in [0, 0.1) is 11.8 Å². The van der Waals surface area contributed by atoms with Gasteiger partial charge in [0.2, 0.25) is 0 Å². The van der Waals surface area contributed by atoms with Crippen LogP contribution < -0.4 is 5.32 Å². The third-order valence-electron chi connectivity index (χ3n) is 4.44. The molecule has 0 aliphatic carbocycles. The Hall–Kier alpha value is -0.610. The maximum atomic E-state index is 11.8. The largest absolute Gasteiger partial charge is 0.468 e. The lowest BCUT2D eigenvalue weighted by Crippen LogP contribution is -2.50. The number of rotatable bonds is 7. The smallest absolute Gasteiger partial charge is 0.323 e. The Labute approximate surface area is 124 Å². The van der Waals surface area contributed by atoms with Crippen LogP contribution in [-0.2, 0) is 9.53 Å². The first kappa shape index (κ1) is 17.4. The van der Waals surface area contributed by atoms with Crippen molar-refractivity contribution in [2.75, 3.05) is 26.7 Å². The molecule has 1 aliphatic heterocycles. The van der Waals surface area contributed by atoms with Gasteiger partial charge in [-0.3, -0.25) is 4.79 Å². The van der Waals surface area contributed by atoms with E-state index in [4.69, 9.17) is 4.74 Å². The summed E-state index contributed by atoms with van der Waals surface area (Å²) in [5.41, 5.74) is 0. The monoisotopic (exact) mass is 284 g/mol. The molecular formula is C16H32N2O2. The van der Waals surface area contributed by atoms with Crippen LogP contribution in [0.4, 0.5) is 0 Å². The number of carbonyl (C=O) groups excluding carboxylic acids is 1. The third-order valence-corrected chi connectivity index (χ3v) is 4.44. The quantitative estimate of drug-likeness (QED) is 0.728. The number of piperidine rings is 1. The molecule has 20 heavy (non-hydrogen) atoms. The van der Waals surface area contributed by atoms with Gasteiger partial charge in [-0.1, -0.05) is 20.8 Å². The van der Waals surface area contributed by atoms with Gasteiger partial charge in [0.05, 0.1) is 7.11 Å². The number of ether oxygens (including phenoxy) is 1.